The number of hydrogen-bond donors (Lipinski definition) is 1. The van der Waals surface area contributed by atoms with Gasteiger partial charge in [-0.2, -0.15) is 0 Å². The van der Waals surface area contributed by atoms with Crippen LogP contribution in [0.15, 0.2) is 36.4 Å². The van der Waals surface area contributed by atoms with E-state index in [2.05, 4.69) is 5.32 Å². The number of anilines is 1. The number of halogens is 2. The summed E-state index contributed by atoms with van der Waals surface area (Å²) in [6, 6.07) is 9.44. The molecule has 10 heteroatoms. The Morgan fingerprint density at radius 3 is 2.14 bits per heavy atom. The minimum absolute atomic E-state index is 0.0508. The van der Waals surface area contributed by atoms with Crippen LogP contribution in [0.2, 0.25) is 10.0 Å². The summed E-state index contributed by atoms with van der Waals surface area (Å²) < 4.78 is 26.6. The highest BCUT2D eigenvalue weighted by Gasteiger charge is 2.31. The molecule has 2 atom stereocenters. The summed E-state index contributed by atoms with van der Waals surface area (Å²) in [7, 11) is -3.80. The van der Waals surface area contributed by atoms with Crippen LogP contribution < -0.4 is 9.62 Å². The molecule has 2 aromatic rings. The zero-order chi connectivity index (χ0) is 26.5. The largest absolute Gasteiger partial charge is 0.352 e. The third kappa shape index (κ3) is 7.59. The Balaban J connectivity index is 2.47. The normalized spacial score (nSPS) is 13.1. The molecule has 192 valence electrons. The van der Waals surface area contributed by atoms with E-state index < -0.39 is 28.5 Å². The van der Waals surface area contributed by atoms with Gasteiger partial charge in [0.1, 0.15) is 12.6 Å². The van der Waals surface area contributed by atoms with Gasteiger partial charge in [0, 0.05) is 12.6 Å². The van der Waals surface area contributed by atoms with Gasteiger partial charge in [-0.05, 0) is 62.9 Å². The number of hydrogen-bond acceptors (Lipinski definition) is 4. The van der Waals surface area contributed by atoms with Crippen molar-refractivity contribution in [1.82, 2.24) is 10.2 Å². The molecule has 0 aromatic heterocycles. The molecule has 35 heavy (non-hydrogen) atoms. The van der Waals surface area contributed by atoms with E-state index in [1.807, 2.05) is 19.9 Å². The molecule has 0 aliphatic rings. The van der Waals surface area contributed by atoms with Crippen molar-refractivity contribution >= 4 is 50.7 Å². The van der Waals surface area contributed by atoms with Gasteiger partial charge < -0.3 is 10.2 Å². The van der Waals surface area contributed by atoms with Crippen molar-refractivity contribution in [3.05, 3.63) is 63.1 Å². The van der Waals surface area contributed by atoms with E-state index in [0.717, 1.165) is 28.1 Å². The van der Waals surface area contributed by atoms with Crippen LogP contribution in [0.4, 0.5) is 5.69 Å². The SMILES string of the molecule is CC[C@H](C)NC(=O)[C@H](C)N(Cc1ccc(Cl)c(Cl)c1)C(=O)CN(c1c(C)cccc1C)S(C)(=O)=O. The number of benzene rings is 2. The smallest absolute Gasteiger partial charge is 0.244 e. The first-order valence-corrected chi connectivity index (χ1v) is 13.9. The topological polar surface area (TPSA) is 86.8 Å². The van der Waals surface area contributed by atoms with Crippen LogP contribution in [-0.4, -0.2) is 50.0 Å². The molecule has 2 aromatic carbocycles. The van der Waals surface area contributed by atoms with Crippen LogP contribution in [-0.2, 0) is 26.2 Å². The lowest BCUT2D eigenvalue weighted by Gasteiger charge is -2.33. The summed E-state index contributed by atoms with van der Waals surface area (Å²) in [4.78, 5) is 27.9. The van der Waals surface area contributed by atoms with E-state index in [1.165, 1.54) is 4.90 Å². The molecule has 2 amide bonds. The highest BCUT2D eigenvalue weighted by molar-refractivity contribution is 7.92. The first kappa shape index (κ1) is 28.9. The average Bonchev–Trinajstić information content (AvgIpc) is 2.77. The van der Waals surface area contributed by atoms with Gasteiger partial charge in [-0.25, -0.2) is 8.42 Å². The number of aryl methyl sites for hydroxylation is 2. The minimum atomic E-state index is -3.80. The predicted octanol–water partition coefficient (Wildman–Crippen LogP) is 4.71. The highest BCUT2D eigenvalue weighted by atomic mass is 35.5. The Morgan fingerprint density at radius 1 is 1.03 bits per heavy atom. The molecule has 0 bridgehead atoms. The molecule has 0 aliphatic heterocycles. The molecule has 2 rings (SSSR count). The summed E-state index contributed by atoms with van der Waals surface area (Å²) in [5.74, 6) is -0.846. The molecule has 0 saturated carbocycles. The Kier molecular flexibility index (Phi) is 10.0. The summed E-state index contributed by atoms with van der Waals surface area (Å²) in [5, 5.41) is 3.58. The number of sulfonamides is 1. The fourth-order valence-electron chi connectivity index (χ4n) is 3.66. The van der Waals surface area contributed by atoms with Crippen molar-refractivity contribution in [3.8, 4) is 0 Å². The maximum atomic E-state index is 13.6. The molecular formula is C25H33Cl2N3O4S. The molecule has 7 nitrogen and oxygen atoms in total. The summed E-state index contributed by atoms with van der Waals surface area (Å²) in [6.45, 7) is 8.63. The Hall–Kier alpha value is -2.29. The molecular weight excluding hydrogens is 509 g/mol. The zero-order valence-corrected chi connectivity index (χ0v) is 23.3. The van der Waals surface area contributed by atoms with Crippen LogP contribution in [0.3, 0.4) is 0 Å². The standard InChI is InChI=1S/C25H33Cl2N3O4S/c1-7-18(4)28-25(32)19(5)29(14-20-11-12-21(26)22(27)13-20)23(31)15-30(35(6,33)34)24-16(2)9-8-10-17(24)3/h8-13,18-19H,7,14-15H2,1-6H3,(H,28,32)/t18-,19-/m0/s1. The molecule has 1 N–H and O–H groups in total. The van der Waals surface area contributed by atoms with Gasteiger partial charge in [0.15, 0.2) is 0 Å². The van der Waals surface area contributed by atoms with Crippen molar-refractivity contribution in [2.24, 2.45) is 0 Å². The number of carbonyl (C=O) groups is 2. The maximum absolute atomic E-state index is 13.6. The molecule has 0 saturated heterocycles. The average molecular weight is 543 g/mol. The second-order valence-corrected chi connectivity index (χ2v) is 11.5. The number of amides is 2. The van der Waals surface area contributed by atoms with Crippen molar-refractivity contribution < 1.29 is 18.0 Å². The van der Waals surface area contributed by atoms with Crippen molar-refractivity contribution in [3.63, 3.8) is 0 Å². The molecule has 0 heterocycles. The number of rotatable bonds is 10. The second kappa shape index (κ2) is 12.1. The highest BCUT2D eigenvalue weighted by Crippen LogP contribution is 2.28. The Labute approximate surface area is 218 Å². The predicted molar refractivity (Wildman–Crippen MR) is 142 cm³/mol. The Morgan fingerprint density at radius 2 is 1.63 bits per heavy atom. The minimum Gasteiger partial charge on any atom is -0.352 e. The van der Waals surface area contributed by atoms with Gasteiger partial charge in [-0.3, -0.25) is 13.9 Å². The van der Waals surface area contributed by atoms with Gasteiger partial charge in [0.05, 0.1) is 22.0 Å². The molecule has 0 fully saturated rings. The third-order valence-electron chi connectivity index (χ3n) is 5.87. The first-order chi connectivity index (χ1) is 16.3. The quantitative estimate of drug-likeness (QED) is 0.471. The second-order valence-electron chi connectivity index (χ2n) is 8.77. The monoisotopic (exact) mass is 541 g/mol. The lowest BCUT2D eigenvalue weighted by atomic mass is 10.1. The summed E-state index contributed by atoms with van der Waals surface area (Å²) in [5.41, 5.74) is 2.56. The van der Waals surface area contributed by atoms with E-state index in [0.29, 0.717) is 21.3 Å². The first-order valence-electron chi connectivity index (χ1n) is 11.3. The molecule has 0 aliphatic carbocycles. The third-order valence-corrected chi connectivity index (χ3v) is 7.72. The van der Waals surface area contributed by atoms with Gasteiger partial charge >= 0.3 is 0 Å². The number of para-hydroxylation sites is 1. The van der Waals surface area contributed by atoms with Gasteiger partial charge in [0.25, 0.3) is 0 Å². The van der Waals surface area contributed by atoms with Crippen molar-refractivity contribution in [2.75, 3.05) is 17.1 Å². The summed E-state index contributed by atoms with van der Waals surface area (Å²) >= 11 is 12.2. The Bertz CT molecular complexity index is 1170. The van der Waals surface area contributed by atoms with Gasteiger partial charge in [-0.1, -0.05) is 54.4 Å². The lowest BCUT2D eigenvalue weighted by Crippen LogP contribution is -2.52. The van der Waals surface area contributed by atoms with Crippen LogP contribution in [0.5, 0.6) is 0 Å². The van der Waals surface area contributed by atoms with Gasteiger partial charge in [0.2, 0.25) is 21.8 Å². The lowest BCUT2D eigenvalue weighted by molar-refractivity contribution is -0.139. The fourth-order valence-corrected chi connectivity index (χ4v) is 4.94. The molecule has 0 unspecified atom stereocenters. The van der Waals surface area contributed by atoms with E-state index in [9.17, 15) is 18.0 Å². The van der Waals surface area contributed by atoms with Gasteiger partial charge in [-0.15, -0.1) is 0 Å². The number of carbonyl (C=O) groups excluding carboxylic acids is 2. The maximum Gasteiger partial charge on any atom is 0.244 e. The van der Waals surface area contributed by atoms with Crippen molar-refractivity contribution in [1.29, 1.82) is 0 Å². The summed E-state index contributed by atoms with van der Waals surface area (Å²) in [6.07, 6.45) is 1.79. The van der Waals surface area contributed by atoms with Crippen molar-refractivity contribution in [2.45, 2.75) is 59.7 Å². The van der Waals surface area contributed by atoms with E-state index >= 15 is 0 Å². The van der Waals surface area contributed by atoms with Crippen LogP contribution >= 0.6 is 23.2 Å². The zero-order valence-electron chi connectivity index (χ0n) is 20.9. The van der Waals surface area contributed by atoms with Crippen LogP contribution in [0.1, 0.15) is 43.9 Å². The number of nitrogens with zero attached hydrogens (tertiary/aromatic N) is 2. The number of nitrogens with one attached hydrogen (secondary N) is 1. The molecule has 0 spiro atoms. The van der Waals surface area contributed by atoms with Crippen LogP contribution in [0.25, 0.3) is 0 Å². The molecule has 0 radical (unpaired) electrons. The fraction of sp³-hybridized carbons (Fsp3) is 0.440. The van der Waals surface area contributed by atoms with E-state index in [1.54, 1.807) is 51.1 Å². The van der Waals surface area contributed by atoms with Crippen LogP contribution in [0, 0.1) is 13.8 Å². The van der Waals surface area contributed by atoms with E-state index in [-0.39, 0.29) is 18.5 Å². The van der Waals surface area contributed by atoms with E-state index in [4.69, 9.17) is 23.2 Å².